The molecule has 0 spiro atoms. The zero-order valence-electron chi connectivity index (χ0n) is 10.3. The van der Waals surface area contributed by atoms with Crippen LogP contribution in [0.4, 0.5) is 5.69 Å². The predicted octanol–water partition coefficient (Wildman–Crippen LogP) is 3.88. The predicted molar refractivity (Wildman–Crippen MR) is 74.5 cm³/mol. The summed E-state index contributed by atoms with van der Waals surface area (Å²) in [7, 11) is 0. The molecule has 0 fully saturated rings. The lowest BCUT2D eigenvalue weighted by Crippen LogP contribution is -2.08. The first-order valence-corrected chi connectivity index (χ1v) is 5.94. The van der Waals surface area contributed by atoms with Gasteiger partial charge in [0.05, 0.1) is 11.5 Å². The third-order valence-corrected chi connectivity index (χ3v) is 2.45. The highest BCUT2D eigenvalue weighted by Crippen LogP contribution is 2.23. The van der Waals surface area contributed by atoms with Crippen LogP contribution in [0.3, 0.4) is 0 Å². The summed E-state index contributed by atoms with van der Waals surface area (Å²) in [5, 5.41) is 0. The average Bonchev–Trinajstić information content (AvgIpc) is 2.42. The Morgan fingerprint density at radius 3 is 2.22 bits per heavy atom. The minimum absolute atomic E-state index is 0.631. The van der Waals surface area contributed by atoms with E-state index in [0.29, 0.717) is 5.84 Å². The molecule has 0 saturated carbocycles. The van der Waals surface area contributed by atoms with E-state index >= 15 is 0 Å². The molecule has 2 rings (SSSR count). The van der Waals surface area contributed by atoms with Crippen molar-refractivity contribution in [2.24, 2.45) is 10.7 Å². The van der Waals surface area contributed by atoms with E-state index in [0.717, 1.165) is 23.6 Å². The maximum Gasteiger partial charge on any atom is 0.127 e. The summed E-state index contributed by atoms with van der Waals surface area (Å²) in [6, 6.07) is 17.2. The maximum absolute atomic E-state index is 5.69. The Morgan fingerprint density at radius 2 is 1.61 bits per heavy atom. The van der Waals surface area contributed by atoms with E-state index in [1.54, 1.807) is 0 Å². The molecule has 0 heterocycles. The van der Waals surface area contributed by atoms with Crippen LogP contribution in [0.25, 0.3) is 0 Å². The van der Waals surface area contributed by atoms with Gasteiger partial charge in [0.1, 0.15) is 11.5 Å². The van der Waals surface area contributed by atoms with Gasteiger partial charge in [0.15, 0.2) is 0 Å². The minimum Gasteiger partial charge on any atom is -0.457 e. The van der Waals surface area contributed by atoms with Crippen molar-refractivity contribution in [3.05, 3.63) is 54.6 Å². The first kappa shape index (κ1) is 12.2. The number of hydrogen-bond donors (Lipinski definition) is 1. The Balaban J connectivity index is 2.09. The molecule has 2 N–H and O–H groups in total. The number of nitrogens with zero attached hydrogens (tertiary/aromatic N) is 1. The molecule has 0 atom stereocenters. The maximum atomic E-state index is 5.69. The summed E-state index contributed by atoms with van der Waals surface area (Å²) in [5.41, 5.74) is 6.53. The summed E-state index contributed by atoms with van der Waals surface area (Å²) in [5.74, 6) is 2.24. The largest absolute Gasteiger partial charge is 0.457 e. The lowest BCUT2D eigenvalue weighted by atomic mass is 10.3. The zero-order chi connectivity index (χ0) is 12.8. The zero-order valence-corrected chi connectivity index (χ0v) is 10.3. The van der Waals surface area contributed by atoms with Gasteiger partial charge in [0.2, 0.25) is 0 Å². The SMILES string of the molecule is CCC(N)=Nc1ccc(Oc2ccccc2)cc1. The van der Waals surface area contributed by atoms with Crippen LogP contribution in [0.1, 0.15) is 13.3 Å². The minimum atomic E-state index is 0.631. The van der Waals surface area contributed by atoms with Gasteiger partial charge in [-0.05, 0) is 36.4 Å². The lowest BCUT2D eigenvalue weighted by molar-refractivity contribution is 0.483. The van der Waals surface area contributed by atoms with Crippen LogP contribution in [-0.2, 0) is 0 Å². The van der Waals surface area contributed by atoms with Gasteiger partial charge in [0, 0.05) is 6.42 Å². The van der Waals surface area contributed by atoms with Crippen LogP contribution in [0, 0.1) is 0 Å². The molecule has 18 heavy (non-hydrogen) atoms. The summed E-state index contributed by atoms with van der Waals surface area (Å²) in [6.45, 7) is 1.98. The van der Waals surface area contributed by atoms with E-state index in [1.807, 2.05) is 61.5 Å². The second-order valence-electron chi connectivity index (χ2n) is 3.87. The molecule has 3 nitrogen and oxygen atoms in total. The Bertz CT molecular complexity index is 518. The molecule has 0 bridgehead atoms. The Hall–Kier alpha value is -2.29. The summed E-state index contributed by atoms with van der Waals surface area (Å²) < 4.78 is 5.68. The summed E-state index contributed by atoms with van der Waals surface area (Å²) in [4.78, 5) is 4.26. The molecule has 0 saturated heterocycles. The monoisotopic (exact) mass is 240 g/mol. The van der Waals surface area contributed by atoms with Crippen LogP contribution >= 0.6 is 0 Å². The quantitative estimate of drug-likeness (QED) is 0.651. The first-order valence-electron chi connectivity index (χ1n) is 5.94. The van der Waals surface area contributed by atoms with Crippen molar-refractivity contribution in [3.8, 4) is 11.5 Å². The van der Waals surface area contributed by atoms with Crippen LogP contribution in [0.2, 0.25) is 0 Å². The van der Waals surface area contributed by atoms with Crippen molar-refractivity contribution in [1.82, 2.24) is 0 Å². The molecular formula is C15H16N2O. The van der Waals surface area contributed by atoms with Gasteiger partial charge >= 0.3 is 0 Å². The molecule has 0 amide bonds. The fourth-order valence-electron chi connectivity index (χ4n) is 1.46. The van der Waals surface area contributed by atoms with E-state index < -0.39 is 0 Å². The molecular weight excluding hydrogens is 224 g/mol. The van der Waals surface area contributed by atoms with Crippen molar-refractivity contribution in [2.45, 2.75) is 13.3 Å². The van der Waals surface area contributed by atoms with Crippen LogP contribution < -0.4 is 10.5 Å². The molecule has 92 valence electrons. The Morgan fingerprint density at radius 1 is 1.00 bits per heavy atom. The number of nitrogens with two attached hydrogens (primary N) is 1. The molecule has 0 aromatic heterocycles. The molecule has 0 unspecified atom stereocenters. The van der Waals surface area contributed by atoms with E-state index in [9.17, 15) is 0 Å². The number of hydrogen-bond acceptors (Lipinski definition) is 2. The second kappa shape index (κ2) is 5.87. The smallest absolute Gasteiger partial charge is 0.127 e. The highest BCUT2D eigenvalue weighted by atomic mass is 16.5. The number of ether oxygens (including phenoxy) is 1. The van der Waals surface area contributed by atoms with Crippen molar-refractivity contribution >= 4 is 11.5 Å². The molecule has 0 aliphatic carbocycles. The molecule has 0 aliphatic heterocycles. The molecule has 2 aromatic rings. The first-order chi connectivity index (χ1) is 8.78. The Labute approximate surface area is 107 Å². The number of benzene rings is 2. The summed E-state index contributed by atoms with van der Waals surface area (Å²) in [6.07, 6.45) is 0.752. The van der Waals surface area contributed by atoms with Gasteiger partial charge in [-0.15, -0.1) is 0 Å². The summed E-state index contributed by atoms with van der Waals surface area (Å²) >= 11 is 0. The number of amidine groups is 1. The highest BCUT2D eigenvalue weighted by Gasteiger charge is 1.97. The standard InChI is InChI=1S/C15H16N2O/c1-2-15(16)17-12-8-10-14(11-9-12)18-13-6-4-3-5-7-13/h3-11H,2H2,1H3,(H2,16,17). The van der Waals surface area contributed by atoms with Crippen LogP contribution in [0.5, 0.6) is 11.5 Å². The van der Waals surface area contributed by atoms with Crippen molar-refractivity contribution < 1.29 is 4.74 Å². The van der Waals surface area contributed by atoms with E-state index in [1.165, 1.54) is 0 Å². The average molecular weight is 240 g/mol. The molecule has 0 aliphatic rings. The lowest BCUT2D eigenvalue weighted by Gasteiger charge is -2.05. The van der Waals surface area contributed by atoms with Gasteiger partial charge in [-0.1, -0.05) is 25.1 Å². The van der Waals surface area contributed by atoms with Crippen molar-refractivity contribution in [1.29, 1.82) is 0 Å². The van der Waals surface area contributed by atoms with Gasteiger partial charge in [-0.3, -0.25) is 0 Å². The third-order valence-electron chi connectivity index (χ3n) is 2.45. The third kappa shape index (κ3) is 3.35. The van der Waals surface area contributed by atoms with E-state index in [-0.39, 0.29) is 0 Å². The fourth-order valence-corrected chi connectivity index (χ4v) is 1.46. The normalized spacial score (nSPS) is 11.3. The molecule has 3 heteroatoms. The number of aliphatic imine (C=N–C) groups is 1. The van der Waals surface area contributed by atoms with Gasteiger partial charge in [0.25, 0.3) is 0 Å². The second-order valence-corrected chi connectivity index (χ2v) is 3.87. The topological polar surface area (TPSA) is 47.6 Å². The van der Waals surface area contributed by atoms with E-state index in [2.05, 4.69) is 4.99 Å². The van der Waals surface area contributed by atoms with E-state index in [4.69, 9.17) is 10.5 Å². The highest BCUT2D eigenvalue weighted by molar-refractivity contribution is 5.82. The Kier molecular flexibility index (Phi) is 3.97. The molecule has 0 radical (unpaired) electrons. The number of para-hydroxylation sites is 1. The molecule has 2 aromatic carbocycles. The fraction of sp³-hybridized carbons (Fsp3) is 0.133. The van der Waals surface area contributed by atoms with Crippen LogP contribution in [0.15, 0.2) is 59.6 Å². The van der Waals surface area contributed by atoms with Gasteiger partial charge < -0.3 is 10.5 Å². The van der Waals surface area contributed by atoms with Gasteiger partial charge in [-0.2, -0.15) is 0 Å². The van der Waals surface area contributed by atoms with Gasteiger partial charge in [-0.25, -0.2) is 4.99 Å². The van der Waals surface area contributed by atoms with Crippen molar-refractivity contribution in [3.63, 3.8) is 0 Å². The van der Waals surface area contributed by atoms with Crippen LogP contribution in [-0.4, -0.2) is 5.84 Å². The number of rotatable bonds is 4. The van der Waals surface area contributed by atoms with Crippen molar-refractivity contribution in [2.75, 3.05) is 0 Å².